The molecule has 0 saturated carbocycles. The topological polar surface area (TPSA) is 90.5 Å². The van der Waals surface area contributed by atoms with E-state index < -0.39 is 10.0 Å². The molecule has 1 aromatic rings. The van der Waals surface area contributed by atoms with Gasteiger partial charge in [0.2, 0.25) is 0 Å². The molecule has 0 spiro atoms. The van der Waals surface area contributed by atoms with Gasteiger partial charge in [-0.1, -0.05) is 0 Å². The van der Waals surface area contributed by atoms with Crippen LogP contribution in [0.2, 0.25) is 0 Å². The van der Waals surface area contributed by atoms with Gasteiger partial charge in [-0.2, -0.15) is 9.40 Å². The second-order valence-corrected chi connectivity index (χ2v) is 6.31. The molecular formula is C10H18N4O3S. The van der Waals surface area contributed by atoms with Crippen LogP contribution < -0.4 is 5.73 Å². The van der Waals surface area contributed by atoms with Crippen LogP contribution >= 0.6 is 0 Å². The summed E-state index contributed by atoms with van der Waals surface area (Å²) in [5.74, 6) is 0. The Bertz CT molecular complexity index is 511. The van der Waals surface area contributed by atoms with Crippen molar-refractivity contribution in [1.29, 1.82) is 0 Å². The third-order valence-electron chi connectivity index (χ3n) is 3.02. The Morgan fingerprint density at radius 1 is 1.61 bits per heavy atom. The maximum atomic E-state index is 12.4. The number of morpholine rings is 1. The number of rotatable bonds is 3. The number of hydrogen-bond donors (Lipinski definition) is 1. The first-order valence-electron chi connectivity index (χ1n) is 5.78. The highest BCUT2D eigenvalue weighted by Gasteiger charge is 2.33. The van der Waals surface area contributed by atoms with Crippen LogP contribution in [0.25, 0.3) is 0 Å². The third kappa shape index (κ3) is 2.41. The number of ether oxygens (including phenoxy) is 1. The van der Waals surface area contributed by atoms with E-state index in [9.17, 15) is 8.42 Å². The zero-order valence-electron chi connectivity index (χ0n) is 10.5. The van der Waals surface area contributed by atoms with Gasteiger partial charge in [-0.3, -0.25) is 4.68 Å². The van der Waals surface area contributed by atoms with E-state index in [4.69, 9.17) is 10.5 Å². The summed E-state index contributed by atoms with van der Waals surface area (Å²) in [6.45, 7) is 2.80. The highest BCUT2D eigenvalue weighted by molar-refractivity contribution is 7.89. The van der Waals surface area contributed by atoms with Crippen LogP contribution in [-0.4, -0.2) is 54.3 Å². The van der Waals surface area contributed by atoms with Crippen LogP contribution in [-0.2, 0) is 21.8 Å². The number of hydrogen-bond acceptors (Lipinski definition) is 5. The number of sulfonamides is 1. The molecule has 2 atom stereocenters. The predicted octanol–water partition coefficient (Wildman–Crippen LogP) is -0.843. The van der Waals surface area contributed by atoms with E-state index in [0.717, 1.165) is 0 Å². The summed E-state index contributed by atoms with van der Waals surface area (Å²) < 4.78 is 33.0. The van der Waals surface area contributed by atoms with Gasteiger partial charge in [-0.25, -0.2) is 8.42 Å². The van der Waals surface area contributed by atoms with Crippen LogP contribution in [0.15, 0.2) is 17.3 Å². The monoisotopic (exact) mass is 274 g/mol. The van der Waals surface area contributed by atoms with Crippen molar-refractivity contribution in [3.8, 4) is 0 Å². The maximum Gasteiger partial charge on any atom is 0.260 e. The summed E-state index contributed by atoms with van der Waals surface area (Å²) in [6.07, 6.45) is 1.21. The van der Waals surface area contributed by atoms with Gasteiger partial charge in [0, 0.05) is 26.2 Å². The molecule has 2 N–H and O–H groups in total. The first-order valence-corrected chi connectivity index (χ1v) is 7.22. The molecule has 1 aliphatic heterocycles. The van der Waals surface area contributed by atoms with Crippen LogP contribution in [0.4, 0.5) is 0 Å². The molecule has 2 unspecified atom stereocenters. The summed E-state index contributed by atoms with van der Waals surface area (Å²) in [4.78, 5) is 0. The van der Waals surface area contributed by atoms with Crippen molar-refractivity contribution < 1.29 is 13.2 Å². The Labute approximate surface area is 107 Å². The van der Waals surface area contributed by atoms with E-state index in [1.54, 1.807) is 7.05 Å². The van der Waals surface area contributed by atoms with Gasteiger partial charge in [0.05, 0.1) is 18.9 Å². The van der Waals surface area contributed by atoms with Gasteiger partial charge in [-0.05, 0) is 13.0 Å². The van der Waals surface area contributed by atoms with E-state index in [-0.39, 0.29) is 23.7 Å². The Kier molecular flexibility index (Phi) is 3.71. The van der Waals surface area contributed by atoms with Gasteiger partial charge in [-0.15, -0.1) is 0 Å². The molecule has 0 bridgehead atoms. The number of nitrogens with zero attached hydrogens (tertiary/aromatic N) is 3. The molecule has 102 valence electrons. The fourth-order valence-electron chi connectivity index (χ4n) is 1.93. The fraction of sp³-hybridized carbons (Fsp3) is 0.700. The Balaban J connectivity index is 2.23. The van der Waals surface area contributed by atoms with Crippen LogP contribution in [0, 0.1) is 0 Å². The Hall–Kier alpha value is -0.960. The SMILES string of the molecule is CC(N)C1CN(S(=O)(=O)c2ccnn2C)CCO1. The molecule has 1 aromatic heterocycles. The van der Waals surface area contributed by atoms with E-state index >= 15 is 0 Å². The van der Waals surface area contributed by atoms with Crippen molar-refractivity contribution >= 4 is 10.0 Å². The van der Waals surface area contributed by atoms with E-state index in [1.165, 1.54) is 21.3 Å². The van der Waals surface area contributed by atoms with Gasteiger partial charge in [0.25, 0.3) is 10.0 Å². The molecule has 8 heteroatoms. The average Bonchev–Trinajstić information content (AvgIpc) is 2.76. The van der Waals surface area contributed by atoms with Crippen LogP contribution in [0.3, 0.4) is 0 Å². The molecule has 0 aromatic carbocycles. The summed E-state index contributed by atoms with van der Waals surface area (Å²) in [5, 5.41) is 4.07. The molecule has 0 amide bonds. The minimum atomic E-state index is -3.52. The Morgan fingerprint density at radius 2 is 2.33 bits per heavy atom. The second kappa shape index (κ2) is 4.96. The van der Waals surface area contributed by atoms with Crippen LogP contribution in [0.1, 0.15) is 6.92 Å². The average molecular weight is 274 g/mol. The lowest BCUT2D eigenvalue weighted by molar-refractivity contribution is -0.0121. The summed E-state index contributed by atoms with van der Waals surface area (Å²) >= 11 is 0. The molecule has 2 rings (SSSR count). The molecule has 1 aliphatic rings. The third-order valence-corrected chi connectivity index (χ3v) is 4.96. The number of aromatic nitrogens is 2. The van der Waals surface area contributed by atoms with Crippen molar-refractivity contribution in [1.82, 2.24) is 14.1 Å². The molecule has 1 saturated heterocycles. The van der Waals surface area contributed by atoms with Crippen LogP contribution in [0.5, 0.6) is 0 Å². The second-order valence-electron chi connectivity index (χ2n) is 4.42. The zero-order chi connectivity index (χ0) is 13.3. The lowest BCUT2D eigenvalue weighted by atomic mass is 10.2. The quantitative estimate of drug-likeness (QED) is 0.776. The minimum Gasteiger partial charge on any atom is -0.374 e. The lowest BCUT2D eigenvalue weighted by Gasteiger charge is -2.33. The zero-order valence-corrected chi connectivity index (χ0v) is 11.3. The molecule has 7 nitrogen and oxygen atoms in total. The minimum absolute atomic E-state index is 0.188. The van der Waals surface area contributed by atoms with Crippen molar-refractivity contribution in [3.05, 3.63) is 12.3 Å². The molecule has 18 heavy (non-hydrogen) atoms. The molecule has 0 radical (unpaired) electrons. The largest absolute Gasteiger partial charge is 0.374 e. The van der Waals surface area contributed by atoms with Gasteiger partial charge < -0.3 is 10.5 Å². The van der Waals surface area contributed by atoms with Gasteiger partial charge in [0.1, 0.15) is 0 Å². The summed E-state index contributed by atoms with van der Waals surface area (Å²) in [5.41, 5.74) is 5.76. The molecule has 1 fully saturated rings. The molecular weight excluding hydrogens is 256 g/mol. The Morgan fingerprint density at radius 3 is 2.89 bits per heavy atom. The normalized spacial score (nSPS) is 24.1. The van der Waals surface area contributed by atoms with Gasteiger partial charge in [0.15, 0.2) is 5.03 Å². The lowest BCUT2D eigenvalue weighted by Crippen LogP contribution is -2.51. The van der Waals surface area contributed by atoms with E-state index in [1.807, 2.05) is 6.92 Å². The predicted molar refractivity (Wildman–Crippen MR) is 65.4 cm³/mol. The first kappa shape index (κ1) is 13.5. The highest BCUT2D eigenvalue weighted by Crippen LogP contribution is 2.18. The van der Waals surface area contributed by atoms with Crippen molar-refractivity contribution in [3.63, 3.8) is 0 Å². The maximum absolute atomic E-state index is 12.4. The molecule has 2 heterocycles. The van der Waals surface area contributed by atoms with Crippen molar-refractivity contribution in [2.24, 2.45) is 12.8 Å². The highest BCUT2D eigenvalue weighted by atomic mass is 32.2. The number of aryl methyl sites for hydroxylation is 1. The smallest absolute Gasteiger partial charge is 0.260 e. The van der Waals surface area contributed by atoms with Crippen molar-refractivity contribution in [2.75, 3.05) is 19.7 Å². The van der Waals surface area contributed by atoms with E-state index in [2.05, 4.69) is 5.10 Å². The number of nitrogens with two attached hydrogens (primary N) is 1. The van der Waals surface area contributed by atoms with E-state index in [0.29, 0.717) is 13.2 Å². The molecule has 0 aliphatic carbocycles. The fourth-order valence-corrected chi connectivity index (χ4v) is 3.47. The van der Waals surface area contributed by atoms with Crippen molar-refractivity contribution in [2.45, 2.75) is 24.1 Å². The standard InChI is InChI=1S/C10H18N4O3S/c1-8(11)9-7-14(5-6-17-9)18(15,16)10-3-4-12-13(10)2/h3-4,8-9H,5-7,11H2,1-2H3. The first-order chi connectivity index (χ1) is 8.43. The summed E-state index contributed by atoms with van der Waals surface area (Å²) in [6, 6.07) is 1.29. The summed E-state index contributed by atoms with van der Waals surface area (Å²) in [7, 11) is -1.91. The van der Waals surface area contributed by atoms with Gasteiger partial charge >= 0.3 is 0 Å².